The lowest BCUT2D eigenvalue weighted by Crippen LogP contribution is -2.58. The molecule has 1 aromatic carbocycles. The second kappa shape index (κ2) is 4.27. The van der Waals surface area contributed by atoms with Crippen LogP contribution >= 0.6 is 11.6 Å². The van der Waals surface area contributed by atoms with E-state index in [4.69, 9.17) is 11.6 Å². The van der Waals surface area contributed by atoms with Gasteiger partial charge in [0.1, 0.15) is 0 Å². The van der Waals surface area contributed by atoms with Gasteiger partial charge in [-0.1, -0.05) is 11.6 Å². The normalized spacial score (nSPS) is 19.9. The second-order valence-electron chi connectivity index (χ2n) is 5.07. The number of rotatable bonds is 1. The van der Waals surface area contributed by atoms with Crippen molar-refractivity contribution in [1.82, 2.24) is 5.32 Å². The van der Waals surface area contributed by atoms with Crippen molar-refractivity contribution in [3.05, 3.63) is 28.8 Å². The van der Waals surface area contributed by atoms with Gasteiger partial charge in [0.15, 0.2) is 0 Å². The Bertz CT molecular complexity index is 388. The number of benzene rings is 1. The molecule has 3 heteroatoms. The minimum atomic E-state index is 0.164. The summed E-state index contributed by atoms with van der Waals surface area (Å²) in [6.07, 6.45) is 0. The van der Waals surface area contributed by atoms with Gasteiger partial charge >= 0.3 is 0 Å². The van der Waals surface area contributed by atoms with E-state index in [1.165, 1.54) is 11.3 Å². The highest BCUT2D eigenvalue weighted by atomic mass is 35.5. The first kappa shape index (κ1) is 11.7. The lowest BCUT2D eigenvalue weighted by atomic mass is 9.98. The van der Waals surface area contributed by atoms with Crippen LogP contribution in [-0.4, -0.2) is 25.2 Å². The van der Waals surface area contributed by atoms with Crippen molar-refractivity contribution in [1.29, 1.82) is 0 Å². The molecule has 1 N–H and O–H groups in total. The Hall–Kier alpha value is -0.730. The molecular weight excluding hydrogens is 220 g/mol. The monoisotopic (exact) mass is 238 g/mol. The van der Waals surface area contributed by atoms with Crippen molar-refractivity contribution in [2.75, 3.05) is 24.5 Å². The number of nitrogens with zero attached hydrogens (tertiary/aromatic N) is 1. The van der Waals surface area contributed by atoms with Gasteiger partial charge < -0.3 is 10.2 Å². The summed E-state index contributed by atoms with van der Waals surface area (Å²) >= 11 is 6.00. The van der Waals surface area contributed by atoms with Gasteiger partial charge in [-0.25, -0.2) is 0 Å². The molecule has 0 aromatic heterocycles. The number of hydrogen-bond acceptors (Lipinski definition) is 2. The van der Waals surface area contributed by atoms with Gasteiger partial charge in [0, 0.05) is 35.9 Å². The smallest absolute Gasteiger partial charge is 0.0470 e. The molecule has 1 heterocycles. The Labute approximate surface area is 103 Å². The molecule has 0 amide bonds. The third-order valence-corrected chi connectivity index (χ3v) is 3.49. The van der Waals surface area contributed by atoms with Crippen molar-refractivity contribution in [2.45, 2.75) is 26.3 Å². The Morgan fingerprint density at radius 3 is 2.75 bits per heavy atom. The molecule has 0 aliphatic carbocycles. The second-order valence-corrected chi connectivity index (χ2v) is 5.51. The quantitative estimate of drug-likeness (QED) is 0.810. The van der Waals surface area contributed by atoms with Crippen LogP contribution in [0.4, 0.5) is 5.69 Å². The third kappa shape index (κ3) is 2.18. The maximum Gasteiger partial charge on any atom is 0.0470 e. The van der Waals surface area contributed by atoms with Crippen molar-refractivity contribution < 1.29 is 0 Å². The van der Waals surface area contributed by atoms with Crippen molar-refractivity contribution >= 4 is 17.3 Å². The van der Waals surface area contributed by atoms with E-state index in [0.717, 1.165) is 24.7 Å². The van der Waals surface area contributed by atoms with Crippen molar-refractivity contribution in [3.63, 3.8) is 0 Å². The van der Waals surface area contributed by atoms with E-state index in [1.807, 2.05) is 12.1 Å². The predicted molar refractivity (Wildman–Crippen MR) is 70.5 cm³/mol. The molecule has 0 bridgehead atoms. The summed E-state index contributed by atoms with van der Waals surface area (Å²) in [4.78, 5) is 2.47. The summed E-state index contributed by atoms with van der Waals surface area (Å²) in [7, 11) is 0. The van der Waals surface area contributed by atoms with Crippen molar-refractivity contribution in [3.8, 4) is 0 Å². The van der Waals surface area contributed by atoms with E-state index in [0.29, 0.717) is 0 Å². The molecule has 1 fully saturated rings. The molecule has 0 spiro atoms. The maximum absolute atomic E-state index is 6.00. The molecule has 1 aliphatic rings. The summed E-state index contributed by atoms with van der Waals surface area (Å²) in [6, 6.07) is 6.14. The fourth-order valence-corrected chi connectivity index (χ4v) is 2.58. The van der Waals surface area contributed by atoms with Gasteiger partial charge in [0.2, 0.25) is 0 Å². The molecular formula is C13H19ClN2. The zero-order valence-corrected chi connectivity index (χ0v) is 10.9. The SMILES string of the molecule is Cc1cc(Cl)ccc1N1CCNCC1(C)C. The Balaban J connectivity index is 2.35. The fraction of sp³-hybridized carbons (Fsp3) is 0.538. The van der Waals surface area contributed by atoms with Crippen LogP contribution in [0.2, 0.25) is 5.02 Å². The molecule has 1 aliphatic heterocycles. The number of halogens is 1. The van der Waals surface area contributed by atoms with E-state index < -0.39 is 0 Å². The van der Waals surface area contributed by atoms with Crippen LogP contribution < -0.4 is 10.2 Å². The number of hydrogen-bond donors (Lipinski definition) is 1. The van der Waals surface area contributed by atoms with Gasteiger partial charge in [0.05, 0.1) is 0 Å². The summed E-state index contributed by atoms with van der Waals surface area (Å²) in [5.41, 5.74) is 2.72. The highest BCUT2D eigenvalue weighted by Crippen LogP contribution is 2.29. The molecule has 16 heavy (non-hydrogen) atoms. The summed E-state index contributed by atoms with van der Waals surface area (Å²) < 4.78 is 0. The maximum atomic E-state index is 6.00. The third-order valence-electron chi connectivity index (χ3n) is 3.25. The lowest BCUT2D eigenvalue weighted by molar-refractivity contribution is 0.380. The Morgan fingerprint density at radius 1 is 1.38 bits per heavy atom. The lowest BCUT2D eigenvalue weighted by Gasteiger charge is -2.45. The summed E-state index contributed by atoms with van der Waals surface area (Å²) in [5, 5.41) is 4.25. The van der Waals surface area contributed by atoms with Gasteiger partial charge in [0.25, 0.3) is 0 Å². The van der Waals surface area contributed by atoms with Crippen LogP contribution in [0.15, 0.2) is 18.2 Å². The molecule has 88 valence electrons. The van der Waals surface area contributed by atoms with Gasteiger partial charge in [-0.05, 0) is 44.5 Å². The molecule has 0 radical (unpaired) electrons. The number of nitrogens with one attached hydrogen (secondary N) is 1. The first-order valence-corrected chi connectivity index (χ1v) is 6.13. The van der Waals surface area contributed by atoms with Crippen LogP contribution in [0.1, 0.15) is 19.4 Å². The highest BCUT2D eigenvalue weighted by molar-refractivity contribution is 6.30. The highest BCUT2D eigenvalue weighted by Gasteiger charge is 2.30. The molecule has 2 nitrogen and oxygen atoms in total. The zero-order valence-electron chi connectivity index (χ0n) is 10.2. The van der Waals surface area contributed by atoms with E-state index >= 15 is 0 Å². The van der Waals surface area contributed by atoms with Crippen molar-refractivity contribution in [2.24, 2.45) is 0 Å². The largest absolute Gasteiger partial charge is 0.364 e. The first-order chi connectivity index (χ1) is 7.50. The first-order valence-electron chi connectivity index (χ1n) is 5.75. The molecule has 2 rings (SSSR count). The summed E-state index contributed by atoms with van der Waals surface area (Å²) in [5.74, 6) is 0. The van der Waals surface area contributed by atoms with Crippen LogP contribution in [0.25, 0.3) is 0 Å². The number of anilines is 1. The van der Waals surface area contributed by atoms with E-state index in [9.17, 15) is 0 Å². The average molecular weight is 239 g/mol. The Morgan fingerprint density at radius 2 is 2.12 bits per heavy atom. The van der Waals surface area contributed by atoms with E-state index in [-0.39, 0.29) is 5.54 Å². The zero-order chi connectivity index (χ0) is 11.8. The summed E-state index contributed by atoms with van der Waals surface area (Å²) in [6.45, 7) is 9.79. The van der Waals surface area contributed by atoms with Gasteiger partial charge in [-0.2, -0.15) is 0 Å². The van der Waals surface area contributed by atoms with E-state index in [2.05, 4.69) is 37.1 Å². The van der Waals surface area contributed by atoms with Crippen LogP contribution in [-0.2, 0) is 0 Å². The molecule has 0 unspecified atom stereocenters. The number of piperazine rings is 1. The standard InChI is InChI=1S/C13H19ClN2/c1-10-8-11(14)4-5-12(10)16-7-6-15-9-13(16,2)3/h4-5,8,15H,6-7,9H2,1-3H3. The van der Waals surface area contributed by atoms with Crippen LogP contribution in [0.5, 0.6) is 0 Å². The minimum Gasteiger partial charge on any atom is -0.364 e. The Kier molecular flexibility index (Phi) is 3.13. The molecule has 0 saturated carbocycles. The van der Waals surface area contributed by atoms with E-state index in [1.54, 1.807) is 0 Å². The predicted octanol–water partition coefficient (Wildman–Crippen LogP) is 2.84. The van der Waals surface area contributed by atoms with Crippen LogP contribution in [0.3, 0.4) is 0 Å². The molecule has 0 atom stereocenters. The molecule has 1 saturated heterocycles. The fourth-order valence-electron chi connectivity index (χ4n) is 2.35. The number of aryl methyl sites for hydroxylation is 1. The van der Waals surface area contributed by atoms with Gasteiger partial charge in [-0.15, -0.1) is 0 Å². The minimum absolute atomic E-state index is 0.164. The topological polar surface area (TPSA) is 15.3 Å². The average Bonchev–Trinajstić information content (AvgIpc) is 2.19. The van der Waals surface area contributed by atoms with Crippen LogP contribution in [0, 0.1) is 6.92 Å². The molecule has 1 aromatic rings. The van der Waals surface area contributed by atoms with Gasteiger partial charge in [-0.3, -0.25) is 0 Å².